The van der Waals surface area contributed by atoms with Gasteiger partial charge in [0.05, 0.1) is 18.2 Å². The average molecular weight is 313 g/mol. The Morgan fingerprint density at radius 3 is 2.83 bits per heavy atom. The highest BCUT2D eigenvalue weighted by Gasteiger charge is 2.17. The second-order valence-corrected chi connectivity index (χ2v) is 4.92. The highest BCUT2D eigenvalue weighted by atomic mass is 16.5. The number of furan rings is 1. The molecule has 1 atom stereocenters. The van der Waals surface area contributed by atoms with Crippen molar-refractivity contribution in [3.05, 3.63) is 70.5 Å². The number of para-hydroxylation sites is 1. The number of carbonyl (C=O) groups excluding carboxylic acids is 1. The third-order valence-corrected chi connectivity index (χ3v) is 3.45. The number of fused-ring (bicyclic) bond motifs is 1. The number of nitrogens with one attached hydrogen (secondary N) is 1. The molecule has 1 N–H and O–H groups in total. The number of rotatable bonds is 5. The van der Waals surface area contributed by atoms with Gasteiger partial charge in [-0.3, -0.25) is 9.59 Å². The van der Waals surface area contributed by atoms with Gasteiger partial charge in [-0.2, -0.15) is 0 Å². The number of amides is 1. The van der Waals surface area contributed by atoms with Crippen molar-refractivity contribution in [2.45, 2.75) is 6.10 Å². The number of hydrogen-bond acceptors (Lipinski definition) is 5. The normalized spacial score (nSPS) is 12.2. The maximum Gasteiger partial charge on any atom is 0.287 e. The molecule has 118 valence electrons. The van der Waals surface area contributed by atoms with Crippen LogP contribution in [0.3, 0.4) is 0 Å². The lowest BCUT2D eigenvalue weighted by Crippen LogP contribution is -2.29. The molecule has 3 aromatic rings. The molecule has 0 fully saturated rings. The Morgan fingerprint density at radius 1 is 1.26 bits per heavy atom. The number of ether oxygens (including phenoxy) is 1. The first-order valence-corrected chi connectivity index (χ1v) is 7.06. The molecule has 1 amide bonds. The van der Waals surface area contributed by atoms with E-state index in [1.807, 2.05) is 0 Å². The maximum absolute atomic E-state index is 12.2. The smallest absolute Gasteiger partial charge is 0.287 e. The lowest BCUT2D eigenvalue weighted by atomic mass is 10.2. The molecule has 3 rings (SSSR count). The Morgan fingerprint density at radius 2 is 2.09 bits per heavy atom. The summed E-state index contributed by atoms with van der Waals surface area (Å²) in [4.78, 5) is 24.2. The van der Waals surface area contributed by atoms with Gasteiger partial charge in [-0.1, -0.05) is 12.1 Å². The molecule has 6 nitrogen and oxygen atoms in total. The minimum Gasteiger partial charge on any atom is -0.467 e. The van der Waals surface area contributed by atoms with Crippen LogP contribution in [0.25, 0.3) is 11.0 Å². The summed E-state index contributed by atoms with van der Waals surface area (Å²) in [5.41, 5.74) is 0.116. The van der Waals surface area contributed by atoms with Crippen LogP contribution in [-0.2, 0) is 4.74 Å². The summed E-state index contributed by atoms with van der Waals surface area (Å²) in [6, 6.07) is 11.5. The summed E-state index contributed by atoms with van der Waals surface area (Å²) < 4.78 is 16.0. The van der Waals surface area contributed by atoms with Crippen LogP contribution in [0.1, 0.15) is 22.4 Å². The van der Waals surface area contributed by atoms with Crippen LogP contribution in [-0.4, -0.2) is 19.6 Å². The van der Waals surface area contributed by atoms with Gasteiger partial charge in [0.2, 0.25) is 0 Å². The third-order valence-electron chi connectivity index (χ3n) is 3.45. The van der Waals surface area contributed by atoms with Gasteiger partial charge in [0.1, 0.15) is 17.4 Å². The first kappa shape index (κ1) is 15.1. The van der Waals surface area contributed by atoms with E-state index >= 15 is 0 Å². The predicted molar refractivity (Wildman–Crippen MR) is 83.3 cm³/mol. The maximum atomic E-state index is 12.2. The van der Waals surface area contributed by atoms with Crippen molar-refractivity contribution in [1.29, 1.82) is 0 Å². The van der Waals surface area contributed by atoms with Crippen molar-refractivity contribution >= 4 is 16.9 Å². The first-order chi connectivity index (χ1) is 11.2. The molecule has 1 unspecified atom stereocenters. The second-order valence-electron chi connectivity index (χ2n) is 4.92. The summed E-state index contributed by atoms with van der Waals surface area (Å²) in [6.45, 7) is 0.194. The van der Waals surface area contributed by atoms with Gasteiger partial charge in [0.25, 0.3) is 5.91 Å². The van der Waals surface area contributed by atoms with E-state index in [0.717, 1.165) is 0 Å². The molecule has 0 aliphatic carbocycles. The number of methoxy groups -OCH3 is 1. The van der Waals surface area contributed by atoms with E-state index in [1.165, 1.54) is 19.4 Å². The summed E-state index contributed by atoms with van der Waals surface area (Å²) in [7, 11) is 1.52. The minimum atomic E-state index is -0.485. The molecular weight excluding hydrogens is 298 g/mol. The lowest BCUT2D eigenvalue weighted by molar-refractivity contribution is 0.0725. The van der Waals surface area contributed by atoms with Crippen molar-refractivity contribution in [1.82, 2.24) is 5.32 Å². The van der Waals surface area contributed by atoms with Gasteiger partial charge in [0, 0.05) is 13.2 Å². The van der Waals surface area contributed by atoms with E-state index in [9.17, 15) is 9.59 Å². The Hall–Kier alpha value is -2.86. The number of carbonyl (C=O) groups is 1. The quantitative estimate of drug-likeness (QED) is 0.782. The molecule has 23 heavy (non-hydrogen) atoms. The molecule has 0 bridgehead atoms. The Labute approximate surface area is 131 Å². The first-order valence-electron chi connectivity index (χ1n) is 7.06. The topological polar surface area (TPSA) is 81.7 Å². The van der Waals surface area contributed by atoms with Gasteiger partial charge >= 0.3 is 0 Å². The average Bonchev–Trinajstić information content (AvgIpc) is 3.09. The highest BCUT2D eigenvalue weighted by molar-refractivity contribution is 5.93. The van der Waals surface area contributed by atoms with Crippen LogP contribution in [0.2, 0.25) is 0 Å². The molecule has 0 radical (unpaired) electrons. The summed E-state index contributed by atoms with van der Waals surface area (Å²) in [6.07, 6.45) is 1.12. The molecule has 2 heterocycles. The Bertz CT molecular complexity index is 866. The van der Waals surface area contributed by atoms with E-state index < -0.39 is 12.0 Å². The van der Waals surface area contributed by atoms with E-state index in [0.29, 0.717) is 16.7 Å². The summed E-state index contributed by atoms with van der Waals surface area (Å²) in [5, 5.41) is 3.11. The Balaban J connectivity index is 1.77. The summed E-state index contributed by atoms with van der Waals surface area (Å²) >= 11 is 0. The van der Waals surface area contributed by atoms with Gasteiger partial charge in [-0.05, 0) is 24.3 Å². The van der Waals surface area contributed by atoms with Crippen molar-refractivity contribution < 1.29 is 18.4 Å². The lowest BCUT2D eigenvalue weighted by Gasteiger charge is -2.13. The van der Waals surface area contributed by atoms with Crippen LogP contribution in [0.5, 0.6) is 0 Å². The molecule has 1 aromatic carbocycles. The van der Waals surface area contributed by atoms with Crippen molar-refractivity contribution in [2.75, 3.05) is 13.7 Å². The fourth-order valence-corrected chi connectivity index (χ4v) is 2.26. The Kier molecular flexibility index (Phi) is 4.25. The molecule has 2 aromatic heterocycles. The van der Waals surface area contributed by atoms with Crippen molar-refractivity contribution in [3.63, 3.8) is 0 Å². The summed E-state index contributed by atoms with van der Waals surface area (Å²) in [5.74, 6) is 0.0808. The van der Waals surface area contributed by atoms with Crippen molar-refractivity contribution in [2.24, 2.45) is 0 Å². The largest absolute Gasteiger partial charge is 0.467 e. The third kappa shape index (κ3) is 3.17. The minimum absolute atomic E-state index is 0.0389. The van der Waals surface area contributed by atoms with Gasteiger partial charge in [-0.25, -0.2) is 0 Å². The van der Waals surface area contributed by atoms with Gasteiger partial charge < -0.3 is 18.9 Å². The van der Waals surface area contributed by atoms with E-state index in [2.05, 4.69) is 5.32 Å². The van der Waals surface area contributed by atoms with Crippen LogP contribution in [0.15, 0.2) is 62.4 Å². The fraction of sp³-hybridized carbons (Fsp3) is 0.176. The second kappa shape index (κ2) is 6.50. The van der Waals surface area contributed by atoms with Gasteiger partial charge in [-0.15, -0.1) is 0 Å². The van der Waals surface area contributed by atoms with E-state index in [-0.39, 0.29) is 17.7 Å². The standard InChI is InChI=1S/C17H15NO5/c1-21-16(14-7-4-8-22-14)10-18-17(20)15-9-12(19)11-5-2-3-6-13(11)23-15/h2-9,16H,10H2,1H3,(H,18,20). The van der Waals surface area contributed by atoms with Crippen molar-refractivity contribution in [3.8, 4) is 0 Å². The molecule has 0 saturated carbocycles. The van der Waals surface area contributed by atoms with Crippen LogP contribution in [0, 0.1) is 0 Å². The monoisotopic (exact) mass is 313 g/mol. The molecule has 0 aliphatic heterocycles. The zero-order chi connectivity index (χ0) is 16.2. The number of hydrogen-bond donors (Lipinski definition) is 1. The molecule has 0 spiro atoms. The zero-order valence-electron chi connectivity index (χ0n) is 12.4. The van der Waals surface area contributed by atoms with Crippen LogP contribution < -0.4 is 10.7 Å². The fourth-order valence-electron chi connectivity index (χ4n) is 2.26. The van der Waals surface area contributed by atoms with E-state index in [4.69, 9.17) is 13.6 Å². The zero-order valence-corrected chi connectivity index (χ0v) is 12.4. The molecule has 0 saturated heterocycles. The van der Waals surface area contributed by atoms with Gasteiger partial charge in [0.15, 0.2) is 11.2 Å². The molecule has 6 heteroatoms. The number of benzene rings is 1. The highest BCUT2D eigenvalue weighted by Crippen LogP contribution is 2.16. The molecule has 0 aliphatic rings. The van der Waals surface area contributed by atoms with Crippen LogP contribution in [0.4, 0.5) is 0 Å². The van der Waals surface area contributed by atoms with E-state index in [1.54, 1.807) is 36.4 Å². The SMILES string of the molecule is COC(CNC(=O)c1cc(=O)c2ccccc2o1)c1ccco1. The predicted octanol–water partition coefficient (Wildman–Crippen LogP) is 2.50. The molecular formula is C17H15NO5. The van der Waals surface area contributed by atoms with Crippen LogP contribution >= 0.6 is 0 Å².